The van der Waals surface area contributed by atoms with E-state index in [1.54, 1.807) is 13.1 Å². The lowest BCUT2D eigenvalue weighted by Gasteiger charge is -2.27. The number of carbonyl (C=O) groups excluding carboxylic acids is 1. The van der Waals surface area contributed by atoms with E-state index < -0.39 is 0 Å². The van der Waals surface area contributed by atoms with E-state index in [1.807, 2.05) is 17.2 Å². The van der Waals surface area contributed by atoms with Crippen molar-refractivity contribution >= 4 is 5.91 Å². The number of hydrogen-bond donors (Lipinski definition) is 0. The molecule has 7 heteroatoms. The lowest BCUT2D eigenvalue weighted by atomic mass is 10.1. The van der Waals surface area contributed by atoms with Crippen LogP contribution in [0.5, 0.6) is 0 Å². The Balaban J connectivity index is 1.53. The molecule has 0 aromatic carbocycles. The quantitative estimate of drug-likeness (QED) is 0.709. The zero-order valence-electron chi connectivity index (χ0n) is 16.5. The molecule has 1 aliphatic rings. The third kappa shape index (κ3) is 5.60. The van der Waals surface area contributed by atoms with Gasteiger partial charge < -0.3 is 9.42 Å². The lowest BCUT2D eigenvalue weighted by Crippen LogP contribution is -2.42. The fourth-order valence-corrected chi connectivity index (χ4v) is 3.60. The predicted octanol–water partition coefficient (Wildman–Crippen LogP) is 2.33. The summed E-state index contributed by atoms with van der Waals surface area (Å²) in [5.74, 6) is 1.95. The number of likely N-dealkylation sites (tertiary alicyclic amines) is 1. The van der Waals surface area contributed by atoms with Crippen molar-refractivity contribution in [3.63, 3.8) is 0 Å². The van der Waals surface area contributed by atoms with Gasteiger partial charge in [-0.3, -0.25) is 14.7 Å². The first-order valence-electron chi connectivity index (χ1n) is 9.71. The molecule has 2 aromatic heterocycles. The zero-order valence-corrected chi connectivity index (χ0v) is 16.5. The van der Waals surface area contributed by atoms with Gasteiger partial charge in [0.05, 0.1) is 0 Å². The second kappa shape index (κ2) is 9.08. The SMILES string of the molecule is CC(=O)N(CCc1noc(CC(C)C)n1)C1CCN(Cc2cccnc2)C1. The molecule has 0 radical (unpaired) electrons. The topological polar surface area (TPSA) is 75.4 Å². The fraction of sp³-hybridized carbons (Fsp3) is 0.600. The molecule has 1 amide bonds. The molecule has 0 saturated carbocycles. The second-order valence-electron chi connectivity index (χ2n) is 7.70. The van der Waals surface area contributed by atoms with E-state index >= 15 is 0 Å². The van der Waals surface area contributed by atoms with Gasteiger partial charge in [-0.25, -0.2) is 0 Å². The molecule has 27 heavy (non-hydrogen) atoms. The highest BCUT2D eigenvalue weighted by Crippen LogP contribution is 2.19. The predicted molar refractivity (Wildman–Crippen MR) is 102 cm³/mol. The summed E-state index contributed by atoms with van der Waals surface area (Å²) in [4.78, 5) is 25.2. The first-order chi connectivity index (χ1) is 13.0. The molecule has 0 aliphatic carbocycles. The van der Waals surface area contributed by atoms with Crippen molar-refractivity contribution in [2.75, 3.05) is 19.6 Å². The van der Waals surface area contributed by atoms with Crippen molar-refractivity contribution in [1.29, 1.82) is 0 Å². The summed E-state index contributed by atoms with van der Waals surface area (Å²) in [7, 11) is 0. The van der Waals surface area contributed by atoms with Gasteiger partial charge in [0.25, 0.3) is 0 Å². The molecule has 1 atom stereocenters. The lowest BCUT2D eigenvalue weighted by molar-refractivity contribution is -0.130. The molecule has 3 rings (SSSR count). The summed E-state index contributed by atoms with van der Waals surface area (Å²) in [5, 5.41) is 4.06. The van der Waals surface area contributed by atoms with Gasteiger partial charge in [0, 0.05) is 64.4 Å². The summed E-state index contributed by atoms with van der Waals surface area (Å²) in [6.45, 7) is 9.27. The molecule has 1 fully saturated rings. The Hall–Kier alpha value is -2.28. The Kier molecular flexibility index (Phi) is 6.55. The molecule has 1 aliphatic heterocycles. The van der Waals surface area contributed by atoms with Crippen LogP contribution in [0.3, 0.4) is 0 Å². The third-order valence-corrected chi connectivity index (χ3v) is 4.89. The first-order valence-corrected chi connectivity index (χ1v) is 9.71. The summed E-state index contributed by atoms with van der Waals surface area (Å²) in [5.41, 5.74) is 1.21. The van der Waals surface area contributed by atoms with Gasteiger partial charge in [0.15, 0.2) is 5.82 Å². The Morgan fingerprint density at radius 1 is 1.44 bits per heavy atom. The van der Waals surface area contributed by atoms with Gasteiger partial charge in [0.2, 0.25) is 11.8 Å². The van der Waals surface area contributed by atoms with Crippen LogP contribution >= 0.6 is 0 Å². The second-order valence-corrected chi connectivity index (χ2v) is 7.70. The normalized spacial score (nSPS) is 17.6. The molecular formula is C20H29N5O2. The van der Waals surface area contributed by atoms with Crippen molar-refractivity contribution in [1.82, 2.24) is 24.9 Å². The molecule has 0 N–H and O–H groups in total. The highest BCUT2D eigenvalue weighted by atomic mass is 16.5. The minimum absolute atomic E-state index is 0.106. The van der Waals surface area contributed by atoms with Crippen LogP contribution in [0.1, 0.15) is 44.5 Å². The molecule has 146 valence electrons. The number of nitrogens with zero attached hydrogens (tertiary/aromatic N) is 5. The fourth-order valence-electron chi connectivity index (χ4n) is 3.60. The van der Waals surface area contributed by atoms with Crippen LogP contribution in [0.15, 0.2) is 29.0 Å². The standard InChI is InChI=1S/C20H29N5O2/c1-15(2)11-20-22-19(23-27-20)7-10-25(16(3)26)18-6-9-24(14-18)13-17-5-4-8-21-12-17/h4-5,8,12,15,18H,6-7,9-11,13-14H2,1-3H3. The van der Waals surface area contributed by atoms with Crippen LogP contribution < -0.4 is 0 Å². The van der Waals surface area contributed by atoms with Crippen LogP contribution in [0.2, 0.25) is 0 Å². The minimum atomic E-state index is 0.106. The number of pyridine rings is 1. The first kappa shape index (κ1) is 19.5. The van der Waals surface area contributed by atoms with E-state index in [4.69, 9.17) is 4.52 Å². The molecule has 0 bridgehead atoms. The van der Waals surface area contributed by atoms with Crippen LogP contribution in [0.25, 0.3) is 0 Å². The number of aromatic nitrogens is 3. The summed E-state index contributed by atoms with van der Waals surface area (Å²) in [6, 6.07) is 4.29. The molecule has 1 unspecified atom stereocenters. The third-order valence-electron chi connectivity index (χ3n) is 4.89. The molecular weight excluding hydrogens is 342 g/mol. The van der Waals surface area contributed by atoms with Crippen LogP contribution in [-0.4, -0.2) is 56.5 Å². The number of hydrogen-bond acceptors (Lipinski definition) is 6. The van der Waals surface area contributed by atoms with E-state index in [9.17, 15) is 4.79 Å². The van der Waals surface area contributed by atoms with E-state index in [1.165, 1.54) is 5.56 Å². The van der Waals surface area contributed by atoms with Gasteiger partial charge in [-0.2, -0.15) is 4.98 Å². The van der Waals surface area contributed by atoms with E-state index in [2.05, 4.69) is 39.9 Å². The van der Waals surface area contributed by atoms with Crippen LogP contribution in [-0.2, 0) is 24.2 Å². The van der Waals surface area contributed by atoms with Crippen LogP contribution in [0, 0.1) is 5.92 Å². The molecule has 2 aromatic rings. The number of amides is 1. The average Bonchev–Trinajstić information content (AvgIpc) is 3.25. The Morgan fingerprint density at radius 3 is 3.00 bits per heavy atom. The smallest absolute Gasteiger partial charge is 0.226 e. The molecule has 3 heterocycles. The molecule has 0 spiro atoms. The summed E-state index contributed by atoms with van der Waals surface area (Å²) < 4.78 is 5.30. The minimum Gasteiger partial charge on any atom is -0.339 e. The van der Waals surface area contributed by atoms with Crippen LogP contribution in [0.4, 0.5) is 0 Å². The highest BCUT2D eigenvalue weighted by Gasteiger charge is 2.29. The Bertz CT molecular complexity index is 731. The zero-order chi connectivity index (χ0) is 19.2. The maximum absolute atomic E-state index is 12.2. The average molecular weight is 371 g/mol. The Morgan fingerprint density at radius 2 is 2.30 bits per heavy atom. The van der Waals surface area contributed by atoms with Crippen molar-refractivity contribution in [3.8, 4) is 0 Å². The van der Waals surface area contributed by atoms with Gasteiger partial charge >= 0.3 is 0 Å². The number of rotatable bonds is 8. The van der Waals surface area contributed by atoms with Gasteiger partial charge in [-0.1, -0.05) is 25.1 Å². The monoisotopic (exact) mass is 371 g/mol. The maximum atomic E-state index is 12.2. The largest absolute Gasteiger partial charge is 0.339 e. The van der Waals surface area contributed by atoms with E-state index in [-0.39, 0.29) is 11.9 Å². The van der Waals surface area contributed by atoms with E-state index in [0.717, 1.165) is 32.5 Å². The van der Waals surface area contributed by atoms with Gasteiger partial charge in [-0.15, -0.1) is 0 Å². The van der Waals surface area contributed by atoms with Gasteiger partial charge in [-0.05, 0) is 24.0 Å². The van der Waals surface area contributed by atoms with Crippen molar-refractivity contribution in [2.45, 2.75) is 52.6 Å². The molecule has 1 saturated heterocycles. The van der Waals surface area contributed by atoms with Gasteiger partial charge in [0.1, 0.15) is 0 Å². The summed E-state index contributed by atoms with van der Waals surface area (Å²) >= 11 is 0. The molecule has 7 nitrogen and oxygen atoms in total. The number of carbonyl (C=O) groups is 1. The summed E-state index contributed by atoms with van der Waals surface area (Å²) in [6.07, 6.45) is 6.10. The maximum Gasteiger partial charge on any atom is 0.226 e. The highest BCUT2D eigenvalue weighted by molar-refractivity contribution is 5.73. The van der Waals surface area contributed by atoms with Crippen molar-refractivity contribution in [3.05, 3.63) is 41.8 Å². The Labute approximate surface area is 160 Å². The van der Waals surface area contributed by atoms with E-state index in [0.29, 0.717) is 30.6 Å². The van der Waals surface area contributed by atoms with Crippen molar-refractivity contribution < 1.29 is 9.32 Å². The van der Waals surface area contributed by atoms with Crippen molar-refractivity contribution in [2.24, 2.45) is 5.92 Å².